The minimum absolute atomic E-state index is 0.0886. The van der Waals surface area contributed by atoms with Crippen molar-refractivity contribution in [2.45, 2.75) is 32.9 Å². The van der Waals surface area contributed by atoms with Crippen LogP contribution in [0.1, 0.15) is 20.8 Å². The number of nitrogens with zero attached hydrogens (tertiary/aromatic N) is 1. The maximum absolute atomic E-state index is 12.1. The van der Waals surface area contributed by atoms with Crippen molar-refractivity contribution in [2.24, 2.45) is 0 Å². The van der Waals surface area contributed by atoms with Crippen LogP contribution in [-0.2, 0) is 4.79 Å². The van der Waals surface area contributed by atoms with Crippen LogP contribution in [0.25, 0.3) is 0 Å². The molecule has 7 heteroatoms. The number of thiophene rings is 1. The molecule has 0 fully saturated rings. The van der Waals surface area contributed by atoms with Crippen molar-refractivity contribution in [1.29, 1.82) is 0 Å². The zero-order valence-electron chi connectivity index (χ0n) is 15.6. The molecule has 0 aliphatic rings. The lowest BCUT2D eigenvalue weighted by molar-refractivity contribution is -0.115. The van der Waals surface area contributed by atoms with E-state index in [0.717, 1.165) is 5.69 Å². The van der Waals surface area contributed by atoms with E-state index in [0.29, 0.717) is 29.8 Å². The molecular formula is C19H26N2O4S. The molecule has 1 heterocycles. The largest absolute Gasteiger partial charge is 0.493 e. The van der Waals surface area contributed by atoms with Crippen molar-refractivity contribution < 1.29 is 19.4 Å². The second-order valence-electron chi connectivity index (χ2n) is 6.20. The molecule has 1 amide bonds. The molecule has 6 nitrogen and oxygen atoms in total. The molecule has 0 radical (unpaired) electrons. The Hall–Kier alpha value is -2.09. The van der Waals surface area contributed by atoms with Gasteiger partial charge in [0, 0.05) is 31.0 Å². The second kappa shape index (κ2) is 9.56. The fraction of sp³-hybridized carbons (Fsp3) is 0.421. The smallest absolute Gasteiger partial charge is 0.228 e. The Morgan fingerprint density at radius 3 is 2.62 bits per heavy atom. The highest BCUT2D eigenvalue weighted by molar-refractivity contribution is 7.08. The lowest BCUT2D eigenvalue weighted by atomic mass is 10.2. The number of carbonyl (C=O) groups excluding carboxylic acids is 1. The third-order valence-electron chi connectivity index (χ3n) is 3.68. The highest BCUT2D eigenvalue weighted by Crippen LogP contribution is 2.35. The number of methoxy groups -OCH3 is 1. The Balaban J connectivity index is 2.12. The normalized spacial score (nSPS) is 12.1. The van der Waals surface area contributed by atoms with Crippen LogP contribution in [0.2, 0.25) is 0 Å². The monoisotopic (exact) mass is 378 g/mol. The molecule has 2 N–H and O–H groups in total. The first-order valence-electron chi connectivity index (χ1n) is 8.47. The van der Waals surface area contributed by atoms with Crippen molar-refractivity contribution in [2.75, 3.05) is 25.2 Å². The number of benzene rings is 1. The summed E-state index contributed by atoms with van der Waals surface area (Å²) in [5.74, 6) is 0.941. The molecule has 0 aliphatic heterocycles. The van der Waals surface area contributed by atoms with Crippen LogP contribution in [0, 0.1) is 0 Å². The Bertz CT molecular complexity index is 704. The number of carbonyl (C=O) groups is 1. The van der Waals surface area contributed by atoms with Gasteiger partial charge in [-0.15, -0.1) is 0 Å². The molecule has 0 spiro atoms. The van der Waals surface area contributed by atoms with E-state index in [2.05, 4.69) is 5.32 Å². The van der Waals surface area contributed by atoms with Gasteiger partial charge in [-0.3, -0.25) is 9.69 Å². The molecular weight excluding hydrogens is 352 g/mol. The Labute approximate surface area is 158 Å². The van der Waals surface area contributed by atoms with Crippen molar-refractivity contribution in [3.63, 3.8) is 0 Å². The van der Waals surface area contributed by atoms with Gasteiger partial charge in [0.25, 0.3) is 0 Å². The average molecular weight is 378 g/mol. The number of aliphatic hydroxyl groups is 1. The lowest BCUT2D eigenvalue weighted by Crippen LogP contribution is -2.35. The number of hydrogen-bond donors (Lipinski definition) is 2. The van der Waals surface area contributed by atoms with Gasteiger partial charge in [0.1, 0.15) is 12.7 Å². The van der Waals surface area contributed by atoms with E-state index < -0.39 is 6.10 Å². The number of nitrogens with one attached hydrogen (secondary N) is 1. The highest BCUT2D eigenvalue weighted by Gasteiger charge is 2.17. The maximum atomic E-state index is 12.1. The van der Waals surface area contributed by atoms with Crippen molar-refractivity contribution >= 4 is 28.6 Å². The molecule has 2 aromatic rings. The zero-order chi connectivity index (χ0) is 19.1. The number of amides is 1. The summed E-state index contributed by atoms with van der Waals surface area (Å²) in [6, 6.07) is 7.50. The summed E-state index contributed by atoms with van der Waals surface area (Å²) in [5, 5.41) is 17.0. The molecule has 0 saturated heterocycles. The third-order valence-corrected chi connectivity index (χ3v) is 4.35. The molecule has 0 saturated carbocycles. The molecule has 1 atom stereocenters. The molecule has 1 aromatic carbocycles. The first-order chi connectivity index (χ1) is 12.4. The van der Waals surface area contributed by atoms with Gasteiger partial charge in [-0.1, -0.05) is 13.8 Å². The zero-order valence-corrected chi connectivity index (χ0v) is 16.4. The van der Waals surface area contributed by atoms with Gasteiger partial charge < -0.3 is 19.9 Å². The van der Waals surface area contributed by atoms with E-state index in [1.54, 1.807) is 30.2 Å². The summed E-state index contributed by atoms with van der Waals surface area (Å²) in [7, 11) is 1.55. The molecule has 0 bridgehead atoms. The SMILES string of the molecule is COc1cc(N(C(C)=O)c2ccsc2)ccc1OCC(O)CNC(C)C. The van der Waals surface area contributed by atoms with Crippen LogP contribution in [-0.4, -0.2) is 43.4 Å². The Kier molecular flexibility index (Phi) is 7.44. The number of ether oxygens (including phenoxy) is 2. The van der Waals surface area contributed by atoms with Crippen LogP contribution in [0.4, 0.5) is 11.4 Å². The highest BCUT2D eigenvalue weighted by atomic mass is 32.1. The Morgan fingerprint density at radius 1 is 1.27 bits per heavy atom. The van der Waals surface area contributed by atoms with Gasteiger partial charge in [0.15, 0.2) is 11.5 Å². The molecule has 0 aliphatic carbocycles. The molecule has 1 unspecified atom stereocenters. The van der Waals surface area contributed by atoms with E-state index in [-0.39, 0.29) is 12.5 Å². The summed E-state index contributed by atoms with van der Waals surface area (Å²) in [6.07, 6.45) is -0.624. The third kappa shape index (κ3) is 5.45. The number of anilines is 2. The van der Waals surface area contributed by atoms with Crippen LogP contribution in [0.15, 0.2) is 35.0 Å². The quantitative estimate of drug-likeness (QED) is 0.701. The maximum Gasteiger partial charge on any atom is 0.228 e. The topological polar surface area (TPSA) is 71.0 Å². The van der Waals surface area contributed by atoms with Gasteiger partial charge in [-0.25, -0.2) is 0 Å². The fourth-order valence-electron chi connectivity index (χ4n) is 2.43. The predicted octanol–water partition coefficient (Wildman–Crippen LogP) is 3.18. The molecule has 26 heavy (non-hydrogen) atoms. The fourth-order valence-corrected chi connectivity index (χ4v) is 3.05. The first kappa shape index (κ1) is 20.2. The summed E-state index contributed by atoms with van der Waals surface area (Å²) in [4.78, 5) is 13.7. The van der Waals surface area contributed by atoms with Crippen LogP contribution < -0.4 is 19.7 Å². The molecule has 1 aromatic heterocycles. The van der Waals surface area contributed by atoms with E-state index in [1.165, 1.54) is 18.3 Å². The second-order valence-corrected chi connectivity index (χ2v) is 6.98. The van der Waals surface area contributed by atoms with Crippen LogP contribution >= 0.6 is 11.3 Å². The van der Waals surface area contributed by atoms with Gasteiger partial charge >= 0.3 is 0 Å². The van der Waals surface area contributed by atoms with E-state index >= 15 is 0 Å². The standard InChI is InChI=1S/C19H26N2O4S/c1-13(2)20-10-17(23)11-25-18-6-5-15(9-19(18)24-4)21(14(3)22)16-7-8-26-12-16/h5-9,12-13,17,20,23H,10-11H2,1-4H3. The van der Waals surface area contributed by atoms with Gasteiger partial charge in [-0.2, -0.15) is 11.3 Å². The van der Waals surface area contributed by atoms with Gasteiger partial charge in [0.2, 0.25) is 5.91 Å². The van der Waals surface area contributed by atoms with Crippen molar-refractivity contribution in [1.82, 2.24) is 5.32 Å². The minimum Gasteiger partial charge on any atom is -0.493 e. The summed E-state index contributed by atoms with van der Waals surface area (Å²) in [5.41, 5.74) is 1.51. The summed E-state index contributed by atoms with van der Waals surface area (Å²) < 4.78 is 11.1. The first-order valence-corrected chi connectivity index (χ1v) is 9.41. The Morgan fingerprint density at radius 2 is 2.04 bits per heavy atom. The number of rotatable bonds is 9. The number of aliphatic hydroxyl groups excluding tert-OH is 1. The van der Waals surface area contributed by atoms with E-state index in [9.17, 15) is 9.90 Å². The average Bonchev–Trinajstić information content (AvgIpc) is 3.12. The van der Waals surface area contributed by atoms with Gasteiger partial charge in [0.05, 0.1) is 18.5 Å². The summed E-state index contributed by atoms with van der Waals surface area (Å²) in [6.45, 7) is 6.16. The van der Waals surface area contributed by atoms with E-state index in [1.807, 2.05) is 30.7 Å². The van der Waals surface area contributed by atoms with E-state index in [4.69, 9.17) is 9.47 Å². The predicted molar refractivity (Wildman–Crippen MR) is 105 cm³/mol. The lowest BCUT2D eigenvalue weighted by Gasteiger charge is -2.22. The van der Waals surface area contributed by atoms with Crippen LogP contribution in [0.3, 0.4) is 0 Å². The van der Waals surface area contributed by atoms with Gasteiger partial charge in [-0.05, 0) is 23.6 Å². The molecule has 2 rings (SSSR count). The van der Waals surface area contributed by atoms with Crippen LogP contribution in [0.5, 0.6) is 11.5 Å². The molecule has 142 valence electrons. The van der Waals surface area contributed by atoms with Crippen molar-refractivity contribution in [3.05, 3.63) is 35.0 Å². The summed E-state index contributed by atoms with van der Waals surface area (Å²) >= 11 is 1.53. The number of hydrogen-bond acceptors (Lipinski definition) is 6. The van der Waals surface area contributed by atoms with Crippen molar-refractivity contribution in [3.8, 4) is 11.5 Å². The minimum atomic E-state index is -0.624.